The smallest absolute Gasteiger partial charge is 0.290 e. The summed E-state index contributed by atoms with van der Waals surface area (Å²) in [4.78, 5) is 24.7. The van der Waals surface area contributed by atoms with Crippen LogP contribution in [0.25, 0.3) is 0 Å². The number of carbonyl (C=O) groups is 2. The number of nitrogens with zero attached hydrogens (tertiary/aromatic N) is 1. The van der Waals surface area contributed by atoms with Gasteiger partial charge >= 0.3 is 0 Å². The Kier molecular flexibility index (Phi) is 3.45. The lowest BCUT2D eigenvalue weighted by atomic mass is 9.92. The van der Waals surface area contributed by atoms with Gasteiger partial charge in [0.15, 0.2) is 5.60 Å². The second kappa shape index (κ2) is 4.74. The van der Waals surface area contributed by atoms with Crippen LogP contribution in [0.15, 0.2) is 21.2 Å². The van der Waals surface area contributed by atoms with Crippen molar-refractivity contribution in [1.82, 2.24) is 4.90 Å². The molecule has 1 saturated heterocycles. The molecule has 1 aliphatic heterocycles. The van der Waals surface area contributed by atoms with E-state index in [0.717, 1.165) is 0 Å². The molecule has 0 aliphatic carbocycles. The molecule has 98 valence electrons. The van der Waals surface area contributed by atoms with Crippen LogP contribution in [0, 0.1) is 0 Å². The van der Waals surface area contributed by atoms with E-state index in [-0.39, 0.29) is 24.6 Å². The van der Waals surface area contributed by atoms with Crippen molar-refractivity contribution in [3.63, 3.8) is 0 Å². The zero-order valence-corrected chi connectivity index (χ0v) is 11.1. The average molecular weight is 317 g/mol. The Hall–Kier alpha value is -1.34. The minimum absolute atomic E-state index is 0.103. The quantitative estimate of drug-likeness (QED) is 0.830. The summed E-state index contributed by atoms with van der Waals surface area (Å²) in [7, 11) is 0. The Balaban J connectivity index is 2.17. The van der Waals surface area contributed by atoms with Crippen LogP contribution in [-0.4, -0.2) is 40.5 Å². The molecular weight excluding hydrogens is 304 g/mol. The van der Waals surface area contributed by atoms with Gasteiger partial charge in [-0.25, -0.2) is 0 Å². The Morgan fingerprint density at radius 2 is 2.28 bits per heavy atom. The summed E-state index contributed by atoms with van der Waals surface area (Å²) in [6.07, 6.45) is 2.18. The topological polar surface area (TPSA) is 96.8 Å². The van der Waals surface area contributed by atoms with Crippen LogP contribution < -0.4 is 5.73 Å². The maximum absolute atomic E-state index is 12.1. The van der Waals surface area contributed by atoms with Crippen molar-refractivity contribution in [2.45, 2.75) is 18.4 Å². The van der Waals surface area contributed by atoms with Crippen LogP contribution in [0.1, 0.15) is 23.4 Å². The highest BCUT2D eigenvalue weighted by Crippen LogP contribution is 2.25. The van der Waals surface area contributed by atoms with E-state index in [1.165, 1.54) is 11.2 Å². The molecule has 0 saturated carbocycles. The second-order valence-corrected chi connectivity index (χ2v) is 5.18. The minimum Gasteiger partial charge on any atom is -0.458 e. The molecule has 1 unspecified atom stereocenters. The monoisotopic (exact) mass is 316 g/mol. The predicted molar refractivity (Wildman–Crippen MR) is 65.7 cm³/mol. The molecule has 1 fully saturated rings. The lowest BCUT2D eigenvalue weighted by molar-refractivity contribution is -0.140. The van der Waals surface area contributed by atoms with Gasteiger partial charge in [-0.1, -0.05) is 0 Å². The Morgan fingerprint density at radius 1 is 1.56 bits per heavy atom. The van der Waals surface area contributed by atoms with Crippen LogP contribution in [0.5, 0.6) is 0 Å². The van der Waals surface area contributed by atoms with Gasteiger partial charge in [-0.3, -0.25) is 9.59 Å². The van der Waals surface area contributed by atoms with E-state index in [0.29, 0.717) is 17.4 Å². The molecule has 1 aromatic heterocycles. The highest BCUT2D eigenvalue weighted by molar-refractivity contribution is 9.10. The fraction of sp³-hybridized carbons (Fsp3) is 0.455. The van der Waals surface area contributed by atoms with Gasteiger partial charge in [-0.15, -0.1) is 0 Å². The molecule has 2 amide bonds. The van der Waals surface area contributed by atoms with Crippen molar-refractivity contribution < 1.29 is 19.1 Å². The summed E-state index contributed by atoms with van der Waals surface area (Å²) >= 11 is 3.20. The second-order valence-electron chi connectivity index (χ2n) is 4.32. The predicted octanol–water partition coefficient (Wildman–Crippen LogP) is 0.494. The van der Waals surface area contributed by atoms with Gasteiger partial charge in [0.25, 0.3) is 11.8 Å². The number of halogens is 1. The van der Waals surface area contributed by atoms with Gasteiger partial charge in [-0.2, -0.15) is 0 Å². The molecular formula is C11H13BrN2O4. The summed E-state index contributed by atoms with van der Waals surface area (Å²) in [5.74, 6) is -1.02. The van der Waals surface area contributed by atoms with E-state index >= 15 is 0 Å². The van der Waals surface area contributed by atoms with Crippen molar-refractivity contribution in [3.05, 3.63) is 22.6 Å². The van der Waals surface area contributed by atoms with Crippen LogP contribution in [0.3, 0.4) is 0 Å². The lowest BCUT2D eigenvalue weighted by Gasteiger charge is -2.36. The Morgan fingerprint density at radius 3 is 2.83 bits per heavy atom. The fourth-order valence-electron chi connectivity index (χ4n) is 2.00. The van der Waals surface area contributed by atoms with E-state index in [2.05, 4.69) is 15.9 Å². The fourth-order valence-corrected chi connectivity index (χ4v) is 2.37. The number of β-amino-alcohol motifs (C(OH)–C–C–N with tert-alkyl or cyclic N) is 1. The number of primary amides is 1. The van der Waals surface area contributed by atoms with Crippen molar-refractivity contribution in [2.24, 2.45) is 5.73 Å². The van der Waals surface area contributed by atoms with E-state index in [9.17, 15) is 14.7 Å². The van der Waals surface area contributed by atoms with Crippen LogP contribution in [-0.2, 0) is 4.79 Å². The van der Waals surface area contributed by atoms with Gasteiger partial charge in [0, 0.05) is 6.54 Å². The zero-order chi connectivity index (χ0) is 13.3. The van der Waals surface area contributed by atoms with Gasteiger partial charge in [-0.05, 0) is 34.8 Å². The van der Waals surface area contributed by atoms with E-state index in [1.807, 2.05) is 0 Å². The maximum Gasteiger partial charge on any atom is 0.290 e. The zero-order valence-electron chi connectivity index (χ0n) is 9.56. The molecule has 0 spiro atoms. The number of hydrogen-bond acceptors (Lipinski definition) is 4. The van der Waals surface area contributed by atoms with E-state index in [1.54, 1.807) is 6.07 Å². The summed E-state index contributed by atoms with van der Waals surface area (Å²) in [5, 5.41) is 10.0. The SMILES string of the molecule is NC(=O)C1(O)CCCN(C(=O)c2occc2Br)C1. The molecule has 0 aromatic carbocycles. The summed E-state index contributed by atoms with van der Waals surface area (Å²) in [5.41, 5.74) is 3.51. The Labute approximate surface area is 112 Å². The molecule has 2 rings (SSSR count). The van der Waals surface area contributed by atoms with E-state index in [4.69, 9.17) is 10.2 Å². The number of nitrogens with two attached hydrogens (primary N) is 1. The third-order valence-electron chi connectivity index (χ3n) is 3.03. The summed E-state index contributed by atoms with van der Waals surface area (Å²) < 4.78 is 5.61. The number of amides is 2. The molecule has 0 bridgehead atoms. The first-order valence-corrected chi connectivity index (χ1v) is 6.28. The third kappa shape index (κ3) is 2.28. The molecule has 1 aromatic rings. The van der Waals surface area contributed by atoms with Crippen molar-refractivity contribution in [2.75, 3.05) is 13.1 Å². The number of hydrogen-bond donors (Lipinski definition) is 2. The van der Waals surface area contributed by atoms with Crippen molar-refractivity contribution in [1.29, 1.82) is 0 Å². The molecule has 0 radical (unpaired) electrons. The molecule has 1 aliphatic rings. The molecule has 18 heavy (non-hydrogen) atoms. The van der Waals surface area contributed by atoms with Crippen LogP contribution in [0.2, 0.25) is 0 Å². The van der Waals surface area contributed by atoms with Gasteiger partial charge in [0.1, 0.15) is 0 Å². The normalized spacial score (nSPS) is 24.0. The number of rotatable bonds is 2. The van der Waals surface area contributed by atoms with Crippen LogP contribution >= 0.6 is 15.9 Å². The highest BCUT2D eigenvalue weighted by Gasteiger charge is 2.41. The lowest BCUT2D eigenvalue weighted by Crippen LogP contribution is -2.57. The highest BCUT2D eigenvalue weighted by atomic mass is 79.9. The minimum atomic E-state index is -1.65. The third-order valence-corrected chi connectivity index (χ3v) is 3.65. The molecule has 2 heterocycles. The first-order chi connectivity index (χ1) is 8.44. The van der Waals surface area contributed by atoms with Gasteiger partial charge in [0.2, 0.25) is 5.76 Å². The first kappa shape index (κ1) is 13.1. The van der Waals surface area contributed by atoms with Gasteiger partial charge < -0.3 is 20.2 Å². The summed E-state index contributed by atoms with van der Waals surface area (Å²) in [6, 6.07) is 1.61. The van der Waals surface area contributed by atoms with Crippen molar-refractivity contribution in [3.8, 4) is 0 Å². The summed E-state index contributed by atoms with van der Waals surface area (Å²) in [6.45, 7) is 0.357. The Bertz CT molecular complexity index is 487. The average Bonchev–Trinajstić information content (AvgIpc) is 2.74. The number of piperidine rings is 1. The largest absolute Gasteiger partial charge is 0.458 e. The molecule has 6 nitrogen and oxygen atoms in total. The van der Waals surface area contributed by atoms with Crippen molar-refractivity contribution >= 4 is 27.7 Å². The number of likely N-dealkylation sites (tertiary alicyclic amines) is 1. The number of furan rings is 1. The van der Waals surface area contributed by atoms with E-state index < -0.39 is 11.5 Å². The van der Waals surface area contributed by atoms with Crippen LogP contribution in [0.4, 0.5) is 0 Å². The molecule has 7 heteroatoms. The number of carbonyl (C=O) groups excluding carboxylic acids is 2. The number of aliphatic hydroxyl groups is 1. The first-order valence-electron chi connectivity index (χ1n) is 5.48. The maximum atomic E-state index is 12.1. The molecule has 3 N–H and O–H groups in total. The molecule has 1 atom stereocenters. The van der Waals surface area contributed by atoms with Gasteiger partial charge in [0.05, 0.1) is 17.3 Å². The standard InChI is InChI=1S/C11H13BrN2O4/c12-7-2-5-18-8(7)9(15)14-4-1-3-11(17,6-14)10(13)16/h2,5,17H,1,3-4,6H2,(H2,13,16).